The number of carbonyl (C=O) groups excluding carboxylic acids is 7. The Kier molecular flexibility index (Phi) is 17.4. The van der Waals surface area contributed by atoms with Crippen molar-refractivity contribution in [3.8, 4) is 0 Å². The van der Waals surface area contributed by atoms with Crippen LogP contribution in [-0.2, 0) is 80.9 Å². The molecule has 0 aromatic carbocycles. The Balaban J connectivity index is 2.89. The smallest absolute Gasteiger partial charge is 0.366 e. The summed E-state index contributed by atoms with van der Waals surface area (Å²) in [5.74, 6) is -9.40. The third-order valence-electron chi connectivity index (χ3n) is 8.06. The molecule has 2 rings (SSSR count). The number of amides is 1. The molecule has 2 fully saturated rings. The number of hydrogen-bond acceptors (Lipinski definition) is 19. The third-order valence-corrected chi connectivity index (χ3v) is 9.76. The summed E-state index contributed by atoms with van der Waals surface area (Å²) in [6.07, 6.45) is -16.0. The summed E-state index contributed by atoms with van der Waals surface area (Å²) in [6, 6.07) is -0.878. The maximum atomic E-state index is 14.0. The molecular weight excluding hydrogens is 742 g/mol. The Hall–Kier alpha value is -3.73. The second-order valence-corrected chi connectivity index (χ2v) is 19.6. The van der Waals surface area contributed by atoms with Crippen LogP contribution in [0.5, 0.6) is 0 Å². The van der Waals surface area contributed by atoms with E-state index in [0.717, 1.165) is 48.7 Å². The van der Waals surface area contributed by atoms with Crippen molar-refractivity contribution in [1.82, 2.24) is 5.32 Å². The van der Waals surface area contributed by atoms with E-state index in [1.54, 1.807) is 0 Å². The molecule has 308 valence electrons. The predicted molar refractivity (Wildman–Crippen MR) is 181 cm³/mol. The zero-order chi connectivity index (χ0) is 41.1. The molecule has 54 heavy (non-hydrogen) atoms. The predicted octanol–water partition coefficient (Wildman–Crippen LogP) is -0.743. The molecule has 2 heterocycles. The Morgan fingerprint density at radius 2 is 1.48 bits per heavy atom. The first kappa shape index (κ1) is 46.4. The fourth-order valence-electron chi connectivity index (χ4n) is 5.85. The number of hydrogen-bond donors (Lipinski definition) is 3. The molecule has 0 aromatic rings. The number of carbonyl (C=O) groups is 7. The number of aliphatic hydroxyl groups is 2. The summed E-state index contributed by atoms with van der Waals surface area (Å²) in [6.45, 7) is 11.0. The van der Waals surface area contributed by atoms with Gasteiger partial charge in [0.15, 0.2) is 24.6 Å². The van der Waals surface area contributed by atoms with Gasteiger partial charge in [0, 0.05) is 56.2 Å². The van der Waals surface area contributed by atoms with Crippen molar-refractivity contribution in [3.63, 3.8) is 0 Å². The standard InChI is InChI=1S/C33H53NO19Si/c1-16(36)34-25-22(47-18(3)38)13-33(32(43)44-7,52-28(25)27(49-20(5)40)24(48-19(4)39)15-46-17(2)37)53-29-26(42)23(14-35)51-31(30(29)50-21(6)41)45-11-12-54(8,9)10/h22-31,35,42H,11-15H2,1-10H3,(H,34,36)/t22-,23+,24+,25+,26-,27+,28+,29-,30+,31+,33-/m0/s1. The summed E-state index contributed by atoms with van der Waals surface area (Å²) in [4.78, 5) is 88.2. The quantitative estimate of drug-likeness (QED) is 0.0929. The van der Waals surface area contributed by atoms with Gasteiger partial charge in [0.05, 0.1) is 26.2 Å². The Morgan fingerprint density at radius 1 is 0.870 bits per heavy atom. The molecule has 0 radical (unpaired) electrons. The monoisotopic (exact) mass is 795 g/mol. The van der Waals surface area contributed by atoms with Gasteiger partial charge in [-0.2, -0.15) is 0 Å². The van der Waals surface area contributed by atoms with Crippen molar-refractivity contribution >= 4 is 49.8 Å². The van der Waals surface area contributed by atoms with Crippen molar-refractivity contribution in [2.45, 2.75) is 141 Å². The van der Waals surface area contributed by atoms with Crippen LogP contribution in [0.1, 0.15) is 48.0 Å². The van der Waals surface area contributed by atoms with E-state index >= 15 is 0 Å². The zero-order valence-corrected chi connectivity index (χ0v) is 33.1. The van der Waals surface area contributed by atoms with Crippen LogP contribution in [0.2, 0.25) is 25.7 Å². The molecule has 3 N–H and O–H groups in total. The highest BCUT2D eigenvalue weighted by atomic mass is 28.3. The molecule has 0 aromatic heterocycles. The molecule has 0 aliphatic carbocycles. The van der Waals surface area contributed by atoms with E-state index < -0.39 is 136 Å². The lowest BCUT2D eigenvalue weighted by Crippen LogP contribution is -2.71. The molecule has 0 saturated carbocycles. The van der Waals surface area contributed by atoms with E-state index in [9.17, 15) is 43.8 Å². The number of aliphatic hydroxyl groups excluding tert-OH is 2. The molecule has 0 bridgehead atoms. The minimum Gasteiger partial charge on any atom is -0.465 e. The average molecular weight is 796 g/mol. The van der Waals surface area contributed by atoms with Gasteiger partial charge in [-0.1, -0.05) is 19.6 Å². The number of methoxy groups -OCH3 is 1. The van der Waals surface area contributed by atoms with Crippen molar-refractivity contribution < 1.29 is 91.1 Å². The number of rotatable bonds is 17. The largest absolute Gasteiger partial charge is 0.465 e. The minimum absolute atomic E-state index is 0.108. The number of ether oxygens (including phenoxy) is 10. The SMILES string of the molecule is COC(=O)[C@@]1(O[C@H]2[C@@H](O)[C@@H](CO)O[C@@H](OCC[Si](C)(C)C)[C@@H]2OC(C)=O)C[C@H](OC(C)=O)[C@@H](NC(C)=O)[C@H]([C@H](OC(C)=O)[C@@H](COC(C)=O)OC(C)=O)O1. The van der Waals surface area contributed by atoms with Crippen molar-refractivity contribution in [3.05, 3.63) is 0 Å². The van der Waals surface area contributed by atoms with Crippen LogP contribution in [0.25, 0.3) is 0 Å². The molecule has 2 aliphatic heterocycles. The van der Waals surface area contributed by atoms with Gasteiger partial charge in [-0.3, -0.25) is 28.8 Å². The first-order valence-corrected chi connectivity index (χ1v) is 20.8. The van der Waals surface area contributed by atoms with E-state index in [1.807, 2.05) is 0 Å². The molecule has 20 nitrogen and oxygen atoms in total. The first-order valence-electron chi connectivity index (χ1n) is 17.1. The molecule has 1 amide bonds. The Bertz CT molecular complexity index is 1350. The van der Waals surface area contributed by atoms with Gasteiger partial charge < -0.3 is 62.9 Å². The third kappa shape index (κ3) is 13.5. The van der Waals surface area contributed by atoms with Gasteiger partial charge in [0.2, 0.25) is 5.91 Å². The summed E-state index contributed by atoms with van der Waals surface area (Å²) in [7, 11) is -0.741. The lowest BCUT2D eigenvalue weighted by atomic mass is 9.87. The van der Waals surface area contributed by atoms with Crippen LogP contribution in [0.3, 0.4) is 0 Å². The molecule has 2 aliphatic rings. The molecule has 0 unspecified atom stereocenters. The molecule has 21 heteroatoms. The van der Waals surface area contributed by atoms with Crippen LogP contribution in [0, 0.1) is 0 Å². The van der Waals surface area contributed by atoms with Crippen LogP contribution in [0.4, 0.5) is 0 Å². The van der Waals surface area contributed by atoms with Gasteiger partial charge in [-0.15, -0.1) is 0 Å². The second kappa shape index (κ2) is 20.3. The topological polar surface area (TPSA) is 264 Å². The summed E-state index contributed by atoms with van der Waals surface area (Å²) < 4.78 is 56.5. The van der Waals surface area contributed by atoms with E-state index in [4.69, 9.17) is 47.4 Å². The van der Waals surface area contributed by atoms with Crippen molar-refractivity contribution in [2.75, 3.05) is 26.9 Å². The van der Waals surface area contributed by atoms with Gasteiger partial charge in [-0.25, -0.2) is 4.79 Å². The maximum absolute atomic E-state index is 14.0. The highest BCUT2D eigenvalue weighted by molar-refractivity contribution is 6.76. The molecule has 11 atom stereocenters. The summed E-state index contributed by atoms with van der Waals surface area (Å²) in [5.41, 5.74) is 0. The van der Waals surface area contributed by atoms with E-state index in [2.05, 4.69) is 25.0 Å². The highest BCUT2D eigenvalue weighted by Crippen LogP contribution is 2.40. The fraction of sp³-hybridized carbons (Fsp3) is 0.788. The van der Waals surface area contributed by atoms with Crippen LogP contribution < -0.4 is 5.32 Å². The van der Waals surface area contributed by atoms with Crippen molar-refractivity contribution in [1.29, 1.82) is 0 Å². The highest BCUT2D eigenvalue weighted by Gasteiger charge is 2.62. The fourth-order valence-corrected chi connectivity index (χ4v) is 6.58. The minimum atomic E-state index is -2.79. The van der Waals surface area contributed by atoms with Gasteiger partial charge in [0.1, 0.15) is 37.1 Å². The lowest BCUT2D eigenvalue weighted by Gasteiger charge is -2.51. The zero-order valence-electron chi connectivity index (χ0n) is 32.1. The Labute approximate surface area is 313 Å². The van der Waals surface area contributed by atoms with Crippen LogP contribution in [-0.4, -0.2) is 154 Å². The van der Waals surface area contributed by atoms with E-state index in [-0.39, 0.29) is 6.61 Å². The van der Waals surface area contributed by atoms with E-state index in [0.29, 0.717) is 6.04 Å². The maximum Gasteiger partial charge on any atom is 0.366 e. The van der Waals surface area contributed by atoms with E-state index in [1.165, 1.54) is 0 Å². The van der Waals surface area contributed by atoms with Gasteiger partial charge in [0.25, 0.3) is 5.79 Å². The first-order chi connectivity index (χ1) is 25.0. The summed E-state index contributed by atoms with van der Waals surface area (Å²) >= 11 is 0. The van der Waals surface area contributed by atoms with Crippen LogP contribution in [0.15, 0.2) is 0 Å². The molecule has 2 saturated heterocycles. The second-order valence-electron chi connectivity index (χ2n) is 14.0. The normalized spacial score (nSPS) is 29.4. The molecular formula is C33H53NO19Si. The van der Waals surface area contributed by atoms with Gasteiger partial charge >= 0.3 is 35.8 Å². The van der Waals surface area contributed by atoms with Crippen molar-refractivity contribution in [2.24, 2.45) is 0 Å². The molecule has 0 spiro atoms. The summed E-state index contributed by atoms with van der Waals surface area (Å²) in [5, 5.41) is 24.2. The average Bonchev–Trinajstić information content (AvgIpc) is 3.03. The Morgan fingerprint density at radius 3 is 1.96 bits per heavy atom. The number of esters is 6. The number of nitrogens with one attached hydrogen (secondary N) is 1. The van der Waals surface area contributed by atoms with Gasteiger partial charge in [-0.05, 0) is 6.04 Å². The lowest BCUT2D eigenvalue weighted by molar-refractivity contribution is -0.370. The van der Waals surface area contributed by atoms with Crippen LogP contribution >= 0.6 is 0 Å².